The third-order valence-corrected chi connectivity index (χ3v) is 7.14. The number of aryl methyl sites for hydroxylation is 2. The van der Waals surface area contributed by atoms with Gasteiger partial charge in [0.2, 0.25) is 13.1 Å². The smallest absolute Gasteiger partial charge is 0.277 e. The van der Waals surface area contributed by atoms with Crippen LogP contribution in [-0.2, 0) is 80.1 Å². The largest absolute Gasteiger partial charge is 0.760 e. The van der Waals surface area contributed by atoms with Gasteiger partial charge in [-0.1, -0.05) is 44.4 Å². The molecule has 1 aliphatic rings. The Balaban J connectivity index is 0.000000135. The third kappa shape index (κ3) is 6.87. The van der Waals surface area contributed by atoms with Gasteiger partial charge in [0.1, 0.15) is 0 Å². The van der Waals surface area contributed by atoms with Crippen LogP contribution in [0.3, 0.4) is 0 Å². The van der Waals surface area contributed by atoms with Crippen LogP contribution < -0.4 is 9.13 Å². The second-order valence-corrected chi connectivity index (χ2v) is 9.75. The van der Waals surface area contributed by atoms with Crippen LogP contribution in [0.2, 0.25) is 0 Å². The minimum absolute atomic E-state index is 0. The van der Waals surface area contributed by atoms with E-state index in [-0.39, 0.29) is 16.5 Å². The Hall–Kier alpha value is -3.21. The van der Waals surface area contributed by atoms with Gasteiger partial charge in [0, 0.05) is 40.8 Å². The molecule has 198 valence electrons. The molecule has 0 saturated carbocycles. The number of hydrogen-bond acceptors (Lipinski definition) is 8. The molecule has 0 amide bonds. The maximum atomic E-state index is 4.90. The van der Waals surface area contributed by atoms with Gasteiger partial charge < -0.3 is 50.5 Å². The Morgan fingerprint density at radius 3 is 1.03 bits per heavy atom. The standard InChI is InChI=1S/C12H12N2.2C8H6N2S2.Ni/c1-3-7-13-9-10-14-8-4-2-6-12(14)11(13)5-1;2*11-7-8(12)10-6-4-2-1-3-5(6)9-7;/h1-8H,9-10H2;2*1-4H,(H,9,11)(H,10,12);/q+2;;;/p-4. The zero-order chi connectivity index (χ0) is 26.5. The fourth-order valence-electron chi connectivity index (χ4n) is 3.96. The molecule has 2 aromatic carbocycles. The van der Waals surface area contributed by atoms with E-state index in [2.05, 4.69) is 77.9 Å². The van der Waals surface area contributed by atoms with E-state index in [0.717, 1.165) is 35.2 Å². The average molecular weight is 627 g/mol. The first-order valence-corrected chi connectivity index (χ1v) is 13.3. The minimum atomic E-state index is 0. The van der Waals surface area contributed by atoms with Crippen LogP contribution in [0.15, 0.2) is 117 Å². The van der Waals surface area contributed by atoms with Crippen LogP contribution in [-0.4, -0.2) is 19.9 Å². The number of nitrogens with zero attached hydrogens (tertiary/aromatic N) is 6. The molecule has 6 nitrogen and oxygen atoms in total. The van der Waals surface area contributed by atoms with Gasteiger partial charge in [-0.2, -0.15) is 9.13 Å². The minimum Gasteiger partial charge on any atom is -0.760 e. The van der Waals surface area contributed by atoms with Crippen molar-refractivity contribution in [3.63, 3.8) is 0 Å². The zero-order valence-electron chi connectivity index (χ0n) is 20.3. The van der Waals surface area contributed by atoms with Gasteiger partial charge in [-0.3, -0.25) is 19.9 Å². The van der Waals surface area contributed by atoms with Crippen molar-refractivity contribution in [1.29, 1.82) is 0 Å². The fraction of sp³-hybridized carbons (Fsp3) is 0.0714. The number of aromatic nitrogens is 6. The van der Waals surface area contributed by atoms with E-state index < -0.39 is 0 Å². The SMILES string of the molecule is [Ni].[S-]c1nc2ccccc2nc1[S-].[S-]c1nc2ccccc2nc1[S-].c1cc[n+]2c(c1)-c1cccc[n+]1CC2. The maximum Gasteiger partial charge on any atom is 0.277 e. The second kappa shape index (κ2) is 13.2. The van der Waals surface area contributed by atoms with Crippen LogP contribution >= 0.6 is 0 Å². The van der Waals surface area contributed by atoms with Crippen molar-refractivity contribution in [2.24, 2.45) is 0 Å². The molecule has 0 bridgehead atoms. The second-order valence-electron chi connectivity index (χ2n) is 8.20. The van der Waals surface area contributed by atoms with E-state index >= 15 is 0 Å². The predicted octanol–water partition coefficient (Wildman–Crippen LogP) is 3.82. The van der Waals surface area contributed by atoms with Crippen molar-refractivity contribution in [3.05, 3.63) is 97.3 Å². The monoisotopic (exact) mass is 626 g/mol. The summed E-state index contributed by atoms with van der Waals surface area (Å²) >= 11 is 19.6. The molecule has 0 spiro atoms. The normalized spacial score (nSPS) is 11.1. The van der Waals surface area contributed by atoms with Crippen molar-refractivity contribution in [2.45, 2.75) is 33.2 Å². The predicted molar refractivity (Wildman–Crippen MR) is 154 cm³/mol. The quantitative estimate of drug-likeness (QED) is 0.143. The Bertz CT molecular complexity index is 1540. The molecule has 39 heavy (non-hydrogen) atoms. The number of pyridine rings is 2. The van der Waals surface area contributed by atoms with Crippen LogP contribution in [0.5, 0.6) is 0 Å². The Kier molecular flexibility index (Phi) is 9.77. The van der Waals surface area contributed by atoms with Gasteiger partial charge >= 0.3 is 0 Å². The Morgan fingerprint density at radius 1 is 0.436 bits per heavy atom. The molecule has 0 radical (unpaired) electrons. The first-order chi connectivity index (χ1) is 18.5. The molecule has 0 N–H and O–H groups in total. The summed E-state index contributed by atoms with van der Waals surface area (Å²) in [5, 5.41) is 1.62. The molecule has 1 aliphatic heterocycles. The first kappa shape index (κ1) is 28.8. The first-order valence-electron chi connectivity index (χ1n) is 11.7. The number of rotatable bonds is 0. The Morgan fingerprint density at radius 2 is 0.718 bits per heavy atom. The van der Waals surface area contributed by atoms with Gasteiger partial charge in [0.15, 0.2) is 12.4 Å². The summed E-state index contributed by atoms with van der Waals surface area (Å²) in [6, 6.07) is 27.8. The van der Waals surface area contributed by atoms with Crippen LogP contribution in [0.1, 0.15) is 0 Å². The summed E-state index contributed by atoms with van der Waals surface area (Å²) < 4.78 is 4.60. The number of benzene rings is 2. The third-order valence-electron chi connectivity index (χ3n) is 5.74. The van der Waals surface area contributed by atoms with Crippen LogP contribution in [0, 0.1) is 0 Å². The number of para-hydroxylation sites is 4. The van der Waals surface area contributed by atoms with Gasteiger partial charge in [0.25, 0.3) is 11.4 Å². The molecule has 0 saturated heterocycles. The van der Waals surface area contributed by atoms with Crippen molar-refractivity contribution >= 4 is 72.6 Å². The van der Waals surface area contributed by atoms with E-state index in [1.165, 1.54) is 11.4 Å². The van der Waals surface area contributed by atoms with Gasteiger partial charge in [0.05, 0.1) is 22.1 Å². The maximum absolute atomic E-state index is 4.90. The van der Waals surface area contributed by atoms with Crippen molar-refractivity contribution in [1.82, 2.24) is 19.9 Å². The van der Waals surface area contributed by atoms with E-state index in [0.29, 0.717) is 20.1 Å². The summed E-state index contributed by atoms with van der Waals surface area (Å²) in [7, 11) is 0. The summed E-state index contributed by atoms with van der Waals surface area (Å²) in [5.74, 6) is 0. The topological polar surface area (TPSA) is 59.3 Å². The summed E-state index contributed by atoms with van der Waals surface area (Å²) in [4.78, 5) is 16.5. The summed E-state index contributed by atoms with van der Waals surface area (Å²) in [5.41, 5.74) is 5.82. The summed E-state index contributed by atoms with van der Waals surface area (Å²) in [6.07, 6.45) is 4.29. The van der Waals surface area contributed by atoms with Crippen molar-refractivity contribution < 1.29 is 25.6 Å². The molecular weight excluding hydrogens is 607 g/mol. The van der Waals surface area contributed by atoms with Crippen LogP contribution in [0.4, 0.5) is 0 Å². The molecule has 0 atom stereocenters. The van der Waals surface area contributed by atoms with E-state index in [1.54, 1.807) is 0 Å². The summed E-state index contributed by atoms with van der Waals surface area (Å²) in [6.45, 7) is 2.13. The molecule has 5 heterocycles. The fourth-order valence-corrected chi connectivity index (χ4v) is 4.53. The molecule has 7 rings (SSSR count). The van der Waals surface area contributed by atoms with E-state index in [9.17, 15) is 0 Å². The Labute approximate surface area is 258 Å². The number of hydrogen-bond donors (Lipinski definition) is 0. The van der Waals surface area contributed by atoms with Crippen molar-refractivity contribution in [3.8, 4) is 11.4 Å². The molecule has 0 fully saturated rings. The molecule has 0 aliphatic carbocycles. The van der Waals surface area contributed by atoms with Crippen LogP contribution in [0.25, 0.3) is 33.5 Å². The van der Waals surface area contributed by atoms with E-state index in [1.807, 2.05) is 48.5 Å². The number of fused-ring (bicyclic) bond motifs is 5. The van der Waals surface area contributed by atoms with Gasteiger partial charge in [-0.25, -0.2) is 0 Å². The molecule has 4 aromatic heterocycles. The van der Waals surface area contributed by atoms with Gasteiger partial charge in [-0.05, 0) is 36.4 Å². The van der Waals surface area contributed by atoms with E-state index in [4.69, 9.17) is 50.5 Å². The molecule has 6 aromatic rings. The van der Waals surface area contributed by atoms with Crippen molar-refractivity contribution in [2.75, 3.05) is 0 Å². The zero-order valence-corrected chi connectivity index (χ0v) is 24.5. The molecule has 11 heteroatoms. The molecular formula is C28H20N6NiS4-2. The van der Waals surface area contributed by atoms with Gasteiger partial charge in [-0.15, -0.1) is 0 Å². The molecule has 0 unspecified atom stereocenters. The average Bonchev–Trinajstić information content (AvgIpc) is 2.95.